The van der Waals surface area contributed by atoms with Gasteiger partial charge in [-0.3, -0.25) is 4.68 Å². The molecular weight excluding hydrogens is 248 g/mol. The van der Waals surface area contributed by atoms with Gasteiger partial charge in [0, 0.05) is 12.1 Å². The molecule has 2 aromatic rings. The highest BCUT2D eigenvalue weighted by Gasteiger charge is 2.38. The van der Waals surface area contributed by atoms with Crippen molar-refractivity contribution >= 4 is 0 Å². The zero-order valence-electron chi connectivity index (χ0n) is 9.50. The van der Waals surface area contributed by atoms with Gasteiger partial charge < -0.3 is 0 Å². The summed E-state index contributed by atoms with van der Waals surface area (Å²) < 4.78 is 52.5. The highest BCUT2D eigenvalue weighted by Crippen LogP contribution is 2.36. The van der Waals surface area contributed by atoms with Crippen molar-refractivity contribution < 1.29 is 17.6 Å². The fraction of sp³-hybridized carbons (Fsp3) is 0.250. The Balaban J connectivity index is 2.58. The first-order valence-corrected chi connectivity index (χ1v) is 5.32. The molecule has 0 atom stereocenters. The molecule has 0 unspecified atom stereocenters. The van der Waals surface area contributed by atoms with E-state index in [1.165, 1.54) is 12.1 Å². The first-order valence-electron chi connectivity index (χ1n) is 5.32. The Morgan fingerprint density at radius 3 is 2.28 bits per heavy atom. The molecule has 0 bridgehead atoms. The number of hydrogen-bond acceptors (Lipinski definition) is 1. The Kier molecular flexibility index (Phi) is 3.11. The number of alkyl halides is 3. The molecule has 0 N–H and O–H groups in total. The Hall–Kier alpha value is -1.85. The maximum atomic E-state index is 13.0. The van der Waals surface area contributed by atoms with E-state index >= 15 is 0 Å². The third-order valence-corrected chi connectivity index (χ3v) is 2.56. The van der Waals surface area contributed by atoms with Crippen molar-refractivity contribution in [1.82, 2.24) is 9.78 Å². The summed E-state index contributed by atoms with van der Waals surface area (Å²) in [6.45, 7) is 1.70. The van der Waals surface area contributed by atoms with Crippen LogP contribution in [-0.2, 0) is 12.7 Å². The molecule has 1 heterocycles. The topological polar surface area (TPSA) is 17.8 Å². The van der Waals surface area contributed by atoms with Crippen molar-refractivity contribution in [3.05, 3.63) is 42.0 Å². The Morgan fingerprint density at radius 2 is 1.78 bits per heavy atom. The van der Waals surface area contributed by atoms with Crippen LogP contribution in [0.1, 0.15) is 12.6 Å². The first kappa shape index (κ1) is 12.6. The molecular formula is C12H10F4N2. The van der Waals surface area contributed by atoms with Crippen molar-refractivity contribution in [3.8, 4) is 11.1 Å². The number of nitrogens with zero attached hydrogens (tertiary/aromatic N) is 2. The molecule has 1 aromatic heterocycles. The molecule has 2 nitrogen and oxygen atoms in total. The van der Waals surface area contributed by atoms with Crippen LogP contribution >= 0.6 is 0 Å². The third-order valence-electron chi connectivity index (χ3n) is 2.56. The quantitative estimate of drug-likeness (QED) is 0.750. The second-order valence-corrected chi connectivity index (χ2v) is 3.73. The molecule has 0 aliphatic heterocycles. The van der Waals surface area contributed by atoms with E-state index in [4.69, 9.17) is 0 Å². The van der Waals surface area contributed by atoms with E-state index in [0.717, 1.165) is 23.0 Å². The largest absolute Gasteiger partial charge is 0.433 e. The summed E-state index contributed by atoms with van der Waals surface area (Å²) in [5, 5.41) is 3.70. The lowest BCUT2D eigenvalue weighted by molar-refractivity contribution is -0.143. The van der Waals surface area contributed by atoms with Crippen LogP contribution in [0.2, 0.25) is 0 Å². The molecule has 0 fully saturated rings. The fourth-order valence-corrected chi connectivity index (χ4v) is 1.76. The highest BCUT2D eigenvalue weighted by molar-refractivity contribution is 5.65. The van der Waals surface area contributed by atoms with Gasteiger partial charge in [0.25, 0.3) is 0 Å². The van der Waals surface area contributed by atoms with E-state index in [0.29, 0.717) is 5.56 Å². The smallest absolute Gasteiger partial charge is 0.260 e. The molecule has 0 spiro atoms. The SMILES string of the molecule is CCn1ncc(-c2ccc(F)cc2)c1C(F)(F)F. The summed E-state index contributed by atoms with van der Waals surface area (Å²) in [7, 11) is 0. The van der Waals surface area contributed by atoms with Gasteiger partial charge in [-0.05, 0) is 24.6 Å². The molecule has 1 aromatic carbocycles. The van der Waals surface area contributed by atoms with Crippen LogP contribution < -0.4 is 0 Å². The summed E-state index contributed by atoms with van der Waals surface area (Å²) in [4.78, 5) is 0. The molecule has 0 saturated heterocycles. The fourth-order valence-electron chi connectivity index (χ4n) is 1.76. The maximum Gasteiger partial charge on any atom is 0.433 e. The number of halogens is 4. The summed E-state index contributed by atoms with van der Waals surface area (Å²) in [5.74, 6) is -0.491. The van der Waals surface area contributed by atoms with E-state index in [-0.39, 0.29) is 12.1 Å². The van der Waals surface area contributed by atoms with Crippen molar-refractivity contribution in [2.75, 3.05) is 0 Å². The molecule has 0 saturated carbocycles. The van der Waals surface area contributed by atoms with Crippen LogP contribution in [0.4, 0.5) is 17.6 Å². The average molecular weight is 258 g/mol. The summed E-state index contributed by atoms with van der Waals surface area (Å²) in [6.07, 6.45) is -3.34. The highest BCUT2D eigenvalue weighted by atomic mass is 19.4. The van der Waals surface area contributed by atoms with Gasteiger partial charge in [0.1, 0.15) is 11.5 Å². The lowest BCUT2D eigenvalue weighted by Gasteiger charge is -2.11. The van der Waals surface area contributed by atoms with Crippen LogP contribution in [0.3, 0.4) is 0 Å². The van der Waals surface area contributed by atoms with E-state index in [1.807, 2.05) is 0 Å². The Bertz CT molecular complexity index is 540. The second-order valence-electron chi connectivity index (χ2n) is 3.73. The minimum atomic E-state index is -4.49. The second kappa shape index (κ2) is 4.44. The van der Waals surface area contributed by atoms with Crippen molar-refractivity contribution in [2.45, 2.75) is 19.6 Å². The minimum Gasteiger partial charge on any atom is -0.260 e. The van der Waals surface area contributed by atoms with E-state index in [2.05, 4.69) is 5.10 Å². The third kappa shape index (κ3) is 2.23. The molecule has 0 radical (unpaired) electrons. The van der Waals surface area contributed by atoms with Gasteiger partial charge in [-0.25, -0.2) is 4.39 Å². The zero-order chi connectivity index (χ0) is 13.3. The molecule has 0 aliphatic rings. The molecule has 6 heteroatoms. The van der Waals surface area contributed by atoms with E-state index < -0.39 is 17.7 Å². The number of aromatic nitrogens is 2. The molecule has 0 aliphatic carbocycles. The first-order chi connectivity index (χ1) is 8.43. The molecule has 18 heavy (non-hydrogen) atoms. The number of rotatable bonds is 2. The standard InChI is InChI=1S/C12H10F4N2/c1-2-18-11(12(14,15)16)10(7-17-18)8-3-5-9(13)6-4-8/h3-7H,2H2,1H3. The molecule has 0 amide bonds. The van der Waals surface area contributed by atoms with Crippen molar-refractivity contribution in [2.24, 2.45) is 0 Å². The van der Waals surface area contributed by atoms with Gasteiger partial charge in [-0.2, -0.15) is 18.3 Å². The maximum absolute atomic E-state index is 13.0. The minimum absolute atomic E-state index is 0.0376. The summed E-state index contributed by atoms with van der Waals surface area (Å²) in [6, 6.07) is 4.86. The van der Waals surface area contributed by atoms with E-state index in [9.17, 15) is 17.6 Å². The van der Waals surface area contributed by atoms with Crippen LogP contribution in [0.5, 0.6) is 0 Å². The van der Waals surface area contributed by atoms with Crippen molar-refractivity contribution in [3.63, 3.8) is 0 Å². The average Bonchev–Trinajstić information content (AvgIpc) is 2.73. The van der Waals surface area contributed by atoms with Gasteiger partial charge in [-0.15, -0.1) is 0 Å². The molecule has 2 rings (SSSR count). The Morgan fingerprint density at radius 1 is 1.17 bits per heavy atom. The van der Waals surface area contributed by atoms with Gasteiger partial charge in [-0.1, -0.05) is 12.1 Å². The molecule has 96 valence electrons. The van der Waals surface area contributed by atoms with Crippen LogP contribution in [-0.4, -0.2) is 9.78 Å². The van der Waals surface area contributed by atoms with Gasteiger partial charge in [0.05, 0.1) is 6.20 Å². The van der Waals surface area contributed by atoms with Crippen LogP contribution in [0.25, 0.3) is 11.1 Å². The number of hydrogen-bond donors (Lipinski definition) is 0. The van der Waals surface area contributed by atoms with Crippen LogP contribution in [0.15, 0.2) is 30.5 Å². The summed E-state index contributed by atoms with van der Waals surface area (Å²) in [5.41, 5.74) is -0.551. The lowest BCUT2D eigenvalue weighted by atomic mass is 10.1. The van der Waals surface area contributed by atoms with Gasteiger partial charge in [0.15, 0.2) is 0 Å². The van der Waals surface area contributed by atoms with E-state index in [1.54, 1.807) is 6.92 Å². The summed E-state index contributed by atoms with van der Waals surface area (Å²) >= 11 is 0. The predicted molar refractivity (Wildman–Crippen MR) is 58.3 cm³/mol. The monoisotopic (exact) mass is 258 g/mol. The normalized spacial score (nSPS) is 11.8. The Labute approximate surface area is 101 Å². The van der Waals surface area contributed by atoms with Crippen molar-refractivity contribution in [1.29, 1.82) is 0 Å². The van der Waals surface area contributed by atoms with Crippen LogP contribution in [0, 0.1) is 5.82 Å². The number of benzene rings is 1. The predicted octanol–water partition coefficient (Wildman–Crippen LogP) is 3.73. The number of aryl methyl sites for hydroxylation is 1. The van der Waals surface area contributed by atoms with Gasteiger partial charge >= 0.3 is 6.18 Å². The lowest BCUT2D eigenvalue weighted by Crippen LogP contribution is -2.14. The zero-order valence-corrected chi connectivity index (χ0v) is 9.50. The van der Waals surface area contributed by atoms with Gasteiger partial charge in [0.2, 0.25) is 0 Å².